The van der Waals surface area contributed by atoms with Crippen molar-refractivity contribution >= 4 is 46.6 Å². The molecule has 1 aromatic heterocycles. The van der Waals surface area contributed by atoms with Crippen molar-refractivity contribution < 1.29 is 77.7 Å². The summed E-state index contributed by atoms with van der Waals surface area (Å²) in [6, 6.07) is 4.51. The molecule has 4 amide bonds. The van der Waals surface area contributed by atoms with Gasteiger partial charge in [0.05, 0.1) is 30.4 Å². The van der Waals surface area contributed by atoms with E-state index in [1.165, 1.54) is 18.2 Å². The summed E-state index contributed by atoms with van der Waals surface area (Å²) in [5, 5.41) is 19.9. The van der Waals surface area contributed by atoms with Crippen molar-refractivity contribution in [3.63, 3.8) is 0 Å². The van der Waals surface area contributed by atoms with Gasteiger partial charge < -0.3 is 30.9 Å². The van der Waals surface area contributed by atoms with Crippen LogP contribution in [0, 0.1) is 26.0 Å². The first-order valence-electron chi connectivity index (χ1n) is 18.0. The number of aromatic nitrogens is 2. The number of carbonyl (C=O) groups excluding carboxylic acids is 4. The average molecular weight is 1010 g/mol. The normalized spacial score (nSPS) is 14.5. The van der Waals surface area contributed by atoms with Crippen LogP contribution in [0.15, 0.2) is 48.7 Å². The molecule has 0 spiro atoms. The fourth-order valence-electron chi connectivity index (χ4n) is 5.70. The Morgan fingerprint density at radius 1 is 0.903 bits per heavy atom. The fraction of sp³-hybridized carbons (Fsp3) is 0.486. The molecule has 4 unspecified atom stereocenters. The summed E-state index contributed by atoms with van der Waals surface area (Å²) in [5.74, 6) is -6.05. The number of rotatable bonds is 18. The van der Waals surface area contributed by atoms with Gasteiger partial charge in [0.1, 0.15) is 29.6 Å². The molecule has 0 saturated carbocycles. The van der Waals surface area contributed by atoms with Gasteiger partial charge in [-0.25, -0.2) is 32.2 Å². The Bertz CT molecular complexity index is 2030. The zero-order valence-electron chi connectivity index (χ0n) is 33.3. The maximum absolute atomic E-state index is 15.8. The van der Waals surface area contributed by atoms with E-state index < -0.39 is 121 Å². The molecule has 3 rings (SSSR count). The van der Waals surface area contributed by atoms with Crippen LogP contribution in [0.4, 0.5) is 53.5 Å². The second-order valence-corrected chi connectivity index (χ2v) is 16.2. The Balaban J connectivity index is 2.15. The molecular weight excluding hydrogens is 971 g/mol. The number of nitrogens with two attached hydrogens (primary N) is 1. The van der Waals surface area contributed by atoms with E-state index in [9.17, 15) is 59.4 Å². The topological polar surface area (TPSA) is 190 Å². The zero-order chi connectivity index (χ0) is 47.1. The molecule has 6 N–H and O–H groups in total. The minimum absolute atomic E-state index is 0.150. The van der Waals surface area contributed by atoms with Crippen LogP contribution >= 0.6 is 22.6 Å². The molecule has 14 nitrogen and oxygen atoms in total. The summed E-state index contributed by atoms with van der Waals surface area (Å²) in [6.07, 6.45) is -20.6. The number of carbonyl (C=O) groups is 4. The summed E-state index contributed by atoms with van der Waals surface area (Å²) in [4.78, 5) is 51.1. The van der Waals surface area contributed by atoms with Crippen LogP contribution in [0.3, 0.4) is 0 Å². The van der Waals surface area contributed by atoms with Gasteiger partial charge in [0.2, 0.25) is 0 Å². The lowest BCUT2D eigenvalue weighted by Crippen LogP contribution is -2.62. The van der Waals surface area contributed by atoms with Crippen LogP contribution < -0.4 is 21.8 Å². The quantitative estimate of drug-likeness (QED) is 0.0580. The Kier molecular flexibility index (Phi) is 17.0. The number of nitrogens with one attached hydrogen (secondary N) is 3. The van der Waals surface area contributed by atoms with E-state index in [2.05, 4.69) is 19.9 Å². The molecule has 1 heterocycles. The van der Waals surface area contributed by atoms with Crippen LogP contribution in [0.1, 0.15) is 38.8 Å². The first-order valence-corrected chi connectivity index (χ1v) is 19.1. The van der Waals surface area contributed by atoms with E-state index in [0.717, 1.165) is 30.1 Å². The Morgan fingerprint density at radius 3 is 1.97 bits per heavy atom. The van der Waals surface area contributed by atoms with Crippen LogP contribution in [-0.4, -0.2) is 101 Å². The summed E-state index contributed by atoms with van der Waals surface area (Å²) < 4.78 is 153. The monoisotopic (exact) mass is 1010 g/mol. The largest absolute Gasteiger partial charge is 0.453 e. The number of aliphatic hydroxyl groups is 1. The van der Waals surface area contributed by atoms with E-state index >= 15 is 8.78 Å². The third kappa shape index (κ3) is 13.3. The Labute approximate surface area is 360 Å². The zero-order valence-corrected chi connectivity index (χ0v) is 35.5. The van der Waals surface area contributed by atoms with Crippen molar-refractivity contribution in [3.05, 3.63) is 75.0 Å². The molecule has 25 heteroatoms. The van der Waals surface area contributed by atoms with Crippen LogP contribution in [0.2, 0.25) is 0 Å². The molecular formula is C37H42F10IN7O7. The van der Waals surface area contributed by atoms with Crippen molar-refractivity contribution in [2.24, 2.45) is 16.6 Å². The molecule has 0 aliphatic rings. The number of aliphatic hydroxyl groups excluding tert-OH is 1. The van der Waals surface area contributed by atoms with Crippen molar-refractivity contribution in [1.29, 1.82) is 0 Å². The van der Waals surface area contributed by atoms with Gasteiger partial charge in [-0.05, 0) is 92.6 Å². The number of ether oxygens (including phenoxy) is 2. The molecule has 2 aromatic carbocycles. The second-order valence-electron chi connectivity index (χ2n) is 14.9. The van der Waals surface area contributed by atoms with Crippen molar-refractivity contribution in [2.75, 3.05) is 13.7 Å². The van der Waals surface area contributed by atoms with E-state index in [1.54, 1.807) is 17.4 Å². The molecule has 0 aliphatic carbocycles. The van der Waals surface area contributed by atoms with Gasteiger partial charge in [-0.3, -0.25) is 19.7 Å². The number of alkyl halides is 8. The maximum Gasteiger partial charge on any atom is 0.407 e. The standard InChI is InChI=1S/C37H42F10IN7O7/c1-34(2,36(42,43)44)28(51-33(60)61-5)30(57)53-55(15-21-22(38)13-19(14-23(21)39)24-10-11-54(52-24)17-27(40)41)16-26(56)25(12-18-6-8-20(48)9-7-18)50-31(58)29(62-32(49)59)35(3,4)37(45,46)47/h6-11,13-14,25-29,56H,12,15-17H2,1-5H3,(H2,49,59)(H,50,58)(H,51,60)(H,53,57). The molecule has 0 aliphatic heterocycles. The van der Waals surface area contributed by atoms with Crippen LogP contribution in [-0.2, 0) is 38.6 Å². The number of methoxy groups -OCH3 is 1. The fourth-order valence-corrected chi connectivity index (χ4v) is 6.06. The highest BCUT2D eigenvalue weighted by Crippen LogP contribution is 2.42. The lowest BCUT2D eigenvalue weighted by molar-refractivity contribution is -0.238. The number of hydrogen-bond donors (Lipinski definition) is 5. The van der Waals surface area contributed by atoms with E-state index in [1.807, 2.05) is 28.0 Å². The molecule has 0 bridgehead atoms. The van der Waals surface area contributed by atoms with Gasteiger partial charge >= 0.3 is 24.5 Å². The molecule has 0 fully saturated rings. The highest BCUT2D eigenvalue weighted by atomic mass is 127. The lowest BCUT2D eigenvalue weighted by atomic mass is 9.83. The molecule has 0 radical (unpaired) electrons. The highest BCUT2D eigenvalue weighted by molar-refractivity contribution is 14.1. The van der Waals surface area contributed by atoms with Gasteiger partial charge in [-0.1, -0.05) is 12.1 Å². The molecule has 344 valence electrons. The molecule has 3 aromatic rings. The first kappa shape index (κ1) is 51.4. The summed E-state index contributed by atoms with van der Waals surface area (Å²) in [6.45, 7) is -0.933. The van der Waals surface area contributed by atoms with Gasteiger partial charge in [-0.15, -0.1) is 0 Å². The highest BCUT2D eigenvalue weighted by Gasteiger charge is 2.58. The van der Waals surface area contributed by atoms with Crippen LogP contribution in [0.5, 0.6) is 0 Å². The number of hydrazine groups is 1. The number of benzene rings is 2. The lowest BCUT2D eigenvalue weighted by Gasteiger charge is -2.37. The number of halogens is 11. The summed E-state index contributed by atoms with van der Waals surface area (Å²) in [5.41, 5.74) is -0.175. The van der Waals surface area contributed by atoms with E-state index in [4.69, 9.17) is 5.73 Å². The SMILES string of the molecule is COC(=O)NC(C(=O)NN(Cc1c(F)cc(-c2ccn(CC(F)F)n2)cc1F)CC(O)C(Cc1ccc(I)cc1)NC(=O)C(OC(N)=O)C(C)(C)C(F)(F)F)C(C)(C)C(F)(F)F. The van der Waals surface area contributed by atoms with E-state index in [0.29, 0.717) is 41.8 Å². The van der Waals surface area contributed by atoms with E-state index in [-0.39, 0.29) is 11.3 Å². The number of amides is 4. The van der Waals surface area contributed by atoms with Gasteiger partial charge in [0.25, 0.3) is 18.2 Å². The number of primary amides is 1. The Morgan fingerprint density at radius 2 is 1.47 bits per heavy atom. The number of alkyl carbamates (subject to hydrolysis) is 1. The predicted octanol–water partition coefficient (Wildman–Crippen LogP) is 5.99. The maximum atomic E-state index is 15.8. The average Bonchev–Trinajstić information content (AvgIpc) is 3.61. The number of hydrogen-bond acceptors (Lipinski definition) is 9. The second kappa shape index (κ2) is 20.5. The predicted molar refractivity (Wildman–Crippen MR) is 206 cm³/mol. The third-order valence-corrected chi connectivity index (χ3v) is 10.3. The van der Waals surface area contributed by atoms with Crippen molar-refractivity contribution in [1.82, 2.24) is 30.8 Å². The van der Waals surface area contributed by atoms with Crippen molar-refractivity contribution in [2.45, 2.75) is 90.3 Å². The Hall–Kier alpha value is -4.92. The molecule has 4 atom stereocenters. The summed E-state index contributed by atoms with van der Waals surface area (Å²) >= 11 is 1.95. The smallest absolute Gasteiger partial charge is 0.407 e. The molecule has 62 heavy (non-hydrogen) atoms. The van der Waals surface area contributed by atoms with Gasteiger partial charge in [-0.2, -0.15) is 31.4 Å². The number of nitrogens with zero attached hydrogens (tertiary/aromatic N) is 3. The van der Waals surface area contributed by atoms with Crippen LogP contribution in [0.25, 0.3) is 11.3 Å². The minimum Gasteiger partial charge on any atom is -0.453 e. The van der Waals surface area contributed by atoms with Gasteiger partial charge in [0.15, 0.2) is 6.10 Å². The summed E-state index contributed by atoms with van der Waals surface area (Å²) in [7, 11) is 0.781. The third-order valence-electron chi connectivity index (χ3n) is 9.61. The van der Waals surface area contributed by atoms with Crippen molar-refractivity contribution in [3.8, 4) is 11.3 Å². The first-order chi connectivity index (χ1) is 28.5. The molecule has 0 saturated heterocycles. The minimum atomic E-state index is -5.20. The van der Waals surface area contributed by atoms with Gasteiger partial charge in [0, 0.05) is 34.0 Å².